The third-order valence-corrected chi connectivity index (χ3v) is 1.75. The van der Waals surface area contributed by atoms with Crippen molar-refractivity contribution in [3.8, 4) is 5.75 Å². The molecule has 0 bridgehead atoms. The molecule has 6 heteroatoms. The van der Waals surface area contributed by atoms with Crippen LogP contribution in [0.15, 0.2) is 18.2 Å². The van der Waals surface area contributed by atoms with Crippen LogP contribution in [-0.4, -0.2) is 5.11 Å². The van der Waals surface area contributed by atoms with E-state index in [2.05, 4.69) is 17.5 Å². The average Bonchev–Trinajstić information content (AvgIpc) is 2.02. The van der Waals surface area contributed by atoms with Gasteiger partial charge in [-0.1, -0.05) is 12.8 Å². The summed E-state index contributed by atoms with van der Waals surface area (Å²) >= 11 is 3.66. The first kappa shape index (κ1) is 11.2. The standard InChI is InChI=1S/C8H8F3NOS/c9-8(10,11)6-1-5(4-12-14)2-7(13)3-6/h1-3,12-14H,4H2. The molecule has 0 amide bonds. The fourth-order valence-electron chi connectivity index (χ4n) is 1.03. The van der Waals surface area contributed by atoms with Crippen LogP contribution in [0.4, 0.5) is 13.2 Å². The summed E-state index contributed by atoms with van der Waals surface area (Å²) in [5.74, 6) is -0.404. The first-order valence-corrected chi connectivity index (χ1v) is 4.15. The summed E-state index contributed by atoms with van der Waals surface area (Å²) in [5.41, 5.74) is -0.539. The van der Waals surface area contributed by atoms with Gasteiger partial charge in [-0.3, -0.25) is 4.72 Å². The number of halogens is 3. The second-order valence-corrected chi connectivity index (χ2v) is 3.04. The van der Waals surface area contributed by atoms with E-state index in [-0.39, 0.29) is 6.54 Å². The molecule has 1 aromatic carbocycles. The number of phenolic OH excluding ortho intramolecular Hbond substituents is 1. The van der Waals surface area contributed by atoms with Crippen molar-refractivity contribution in [2.24, 2.45) is 0 Å². The Morgan fingerprint density at radius 1 is 1.29 bits per heavy atom. The smallest absolute Gasteiger partial charge is 0.416 e. The van der Waals surface area contributed by atoms with Crippen molar-refractivity contribution in [1.29, 1.82) is 0 Å². The van der Waals surface area contributed by atoms with E-state index in [9.17, 15) is 13.2 Å². The SMILES string of the molecule is Oc1cc(CNS)cc(C(F)(F)F)c1. The van der Waals surface area contributed by atoms with Gasteiger partial charge in [0.2, 0.25) is 0 Å². The van der Waals surface area contributed by atoms with Crippen molar-refractivity contribution >= 4 is 12.8 Å². The third-order valence-electron chi connectivity index (χ3n) is 1.59. The predicted molar refractivity (Wildman–Crippen MR) is 48.9 cm³/mol. The van der Waals surface area contributed by atoms with Gasteiger partial charge in [0.05, 0.1) is 5.56 Å². The maximum atomic E-state index is 12.2. The summed E-state index contributed by atoms with van der Waals surface area (Å²) in [6, 6.07) is 2.89. The lowest BCUT2D eigenvalue weighted by Gasteiger charge is -2.09. The van der Waals surface area contributed by atoms with Crippen LogP contribution in [0.25, 0.3) is 0 Å². The van der Waals surface area contributed by atoms with Crippen LogP contribution in [0, 0.1) is 0 Å². The number of rotatable bonds is 2. The zero-order valence-electron chi connectivity index (χ0n) is 6.97. The van der Waals surface area contributed by atoms with Crippen molar-refractivity contribution in [3.63, 3.8) is 0 Å². The zero-order valence-corrected chi connectivity index (χ0v) is 7.86. The Bertz CT molecular complexity index is 327. The number of hydrogen-bond donors (Lipinski definition) is 3. The highest BCUT2D eigenvalue weighted by atomic mass is 32.1. The van der Waals surface area contributed by atoms with Gasteiger partial charge in [-0.25, -0.2) is 0 Å². The topological polar surface area (TPSA) is 32.3 Å². The minimum atomic E-state index is -4.44. The lowest BCUT2D eigenvalue weighted by molar-refractivity contribution is -0.137. The van der Waals surface area contributed by atoms with E-state index < -0.39 is 17.5 Å². The molecule has 0 fully saturated rings. The Balaban J connectivity index is 3.07. The summed E-state index contributed by atoms with van der Waals surface area (Å²) in [5, 5.41) is 9.03. The predicted octanol–water partition coefficient (Wildman–Crippen LogP) is 2.35. The monoisotopic (exact) mass is 223 g/mol. The quantitative estimate of drug-likeness (QED) is 0.672. The van der Waals surface area contributed by atoms with E-state index in [1.54, 1.807) is 0 Å². The summed E-state index contributed by atoms with van der Waals surface area (Å²) in [6.07, 6.45) is -4.44. The van der Waals surface area contributed by atoms with Gasteiger partial charge in [0.1, 0.15) is 5.75 Å². The molecule has 0 heterocycles. The Morgan fingerprint density at radius 2 is 1.93 bits per heavy atom. The molecule has 0 spiro atoms. The minimum Gasteiger partial charge on any atom is -0.508 e. The largest absolute Gasteiger partial charge is 0.508 e. The Labute approximate surface area is 84.3 Å². The number of hydrogen-bond acceptors (Lipinski definition) is 3. The average molecular weight is 223 g/mol. The fourth-order valence-corrected chi connectivity index (χ4v) is 1.21. The van der Waals surface area contributed by atoms with Gasteiger partial charge in [0.25, 0.3) is 0 Å². The number of phenols is 1. The van der Waals surface area contributed by atoms with Crippen LogP contribution in [0.3, 0.4) is 0 Å². The van der Waals surface area contributed by atoms with Crippen LogP contribution >= 0.6 is 12.8 Å². The second kappa shape index (κ2) is 4.10. The number of benzene rings is 1. The molecular weight excluding hydrogens is 215 g/mol. The fraction of sp³-hybridized carbons (Fsp3) is 0.250. The van der Waals surface area contributed by atoms with Crippen molar-refractivity contribution in [1.82, 2.24) is 4.72 Å². The zero-order chi connectivity index (χ0) is 10.8. The van der Waals surface area contributed by atoms with E-state index in [0.717, 1.165) is 6.07 Å². The second-order valence-electron chi connectivity index (χ2n) is 2.72. The highest BCUT2D eigenvalue weighted by molar-refractivity contribution is 7.78. The highest BCUT2D eigenvalue weighted by Gasteiger charge is 2.31. The van der Waals surface area contributed by atoms with E-state index in [4.69, 9.17) is 5.11 Å². The molecule has 0 aliphatic carbocycles. The summed E-state index contributed by atoms with van der Waals surface area (Å²) in [6.45, 7) is 0.153. The molecule has 0 unspecified atom stereocenters. The molecule has 1 aromatic rings. The highest BCUT2D eigenvalue weighted by Crippen LogP contribution is 2.32. The third kappa shape index (κ3) is 2.81. The maximum absolute atomic E-state index is 12.2. The summed E-state index contributed by atoms with van der Waals surface area (Å²) in [4.78, 5) is 0. The van der Waals surface area contributed by atoms with Crippen LogP contribution in [-0.2, 0) is 12.7 Å². The molecular formula is C8H8F3NOS. The molecule has 14 heavy (non-hydrogen) atoms. The molecule has 0 aromatic heterocycles. The molecule has 2 nitrogen and oxygen atoms in total. The number of aromatic hydroxyl groups is 1. The van der Waals surface area contributed by atoms with Crippen molar-refractivity contribution in [3.05, 3.63) is 29.3 Å². The van der Waals surface area contributed by atoms with E-state index >= 15 is 0 Å². The Kier molecular flexibility index (Phi) is 3.28. The van der Waals surface area contributed by atoms with E-state index in [1.165, 1.54) is 6.07 Å². The lowest BCUT2D eigenvalue weighted by atomic mass is 10.1. The number of alkyl halides is 3. The van der Waals surface area contributed by atoms with Crippen LogP contribution < -0.4 is 4.72 Å². The van der Waals surface area contributed by atoms with Gasteiger partial charge in [0.15, 0.2) is 0 Å². The molecule has 0 saturated heterocycles. The van der Waals surface area contributed by atoms with Crippen LogP contribution in [0.1, 0.15) is 11.1 Å². The van der Waals surface area contributed by atoms with Gasteiger partial charge in [-0.2, -0.15) is 13.2 Å². The molecule has 1 rings (SSSR count). The van der Waals surface area contributed by atoms with Crippen molar-refractivity contribution in [2.45, 2.75) is 12.7 Å². The van der Waals surface area contributed by atoms with Gasteiger partial charge in [-0.15, -0.1) is 0 Å². The number of thiol groups is 1. The molecule has 0 saturated carbocycles. The van der Waals surface area contributed by atoms with Gasteiger partial charge in [-0.05, 0) is 23.8 Å². The maximum Gasteiger partial charge on any atom is 0.416 e. The van der Waals surface area contributed by atoms with Crippen LogP contribution in [0.5, 0.6) is 5.75 Å². The van der Waals surface area contributed by atoms with Crippen molar-refractivity contribution in [2.75, 3.05) is 0 Å². The summed E-state index contributed by atoms with van der Waals surface area (Å²) < 4.78 is 39.1. The van der Waals surface area contributed by atoms with Crippen molar-refractivity contribution < 1.29 is 18.3 Å². The summed E-state index contributed by atoms with van der Waals surface area (Å²) in [7, 11) is 0. The molecule has 0 radical (unpaired) electrons. The van der Waals surface area contributed by atoms with Crippen LogP contribution in [0.2, 0.25) is 0 Å². The molecule has 0 aliphatic heterocycles. The molecule has 0 atom stereocenters. The lowest BCUT2D eigenvalue weighted by Crippen LogP contribution is -2.07. The van der Waals surface area contributed by atoms with E-state index in [1.807, 2.05) is 0 Å². The molecule has 0 aliphatic rings. The number of nitrogens with one attached hydrogen (secondary N) is 1. The minimum absolute atomic E-state index is 0.153. The normalized spacial score (nSPS) is 11.7. The first-order chi connectivity index (χ1) is 6.43. The molecule has 2 N–H and O–H groups in total. The Hall–Kier alpha value is -0.880. The van der Waals surface area contributed by atoms with E-state index in [0.29, 0.717) is 11.6 Å². The van der Waals surface area contributed by atoms with Gasteiger partial charge < -0.3 is 5.11 Å². The van der Waals surface area contributed by atoms with Gasteiger partial charge in [0, 0.05) is 6.54 Å². The first-order valence-electron chi connectivity index (χ1n) is 3.70. The van der Waals surface area contributed by atoms with Gasteiger partial charge >= 0.3 is 6.18 Å². The molecule has 78 valence electrons. The Morgan fingerprint density at radius 3 is 2.43 bits per heavy atom.